The van der Waals surface area contributed by atoms with Crippen LogP contribution in [-0.4, -0.2) is 41.8 Å². The van der Waals surface area contributed by atoms with Crippen LogP contribution in [0.2, 0.25) is 5.02 Å². The van der Waals surface area contributed by atoms with E-state index in [-0.39, 0.29) is 28.4 Å². The van der Waals surface area contributed by atoms with Crippen LogP contribution in [0.3, 0.4) is 0 Å². The summed E-state index contributed by atoms with van der Waals surface area (Å²) in [6.45, 7) is 0. The summed E-state index contributed by atoms with van der Waals surface area (Å²) in [4.78, 5) is 22.9. The van der Waals surface area contributed by atoms with Crippen LogP contribution in [0, 0.1) is 0 Å². The van der Waals surface area contributed by atoms with Crippen molar-refractivity contribution in [3.05, 3.63) is 22.7 Å². The molecule has 0 aromatic heterocycles. The Morgan fingerprint density at radius 2 is 2.24 bits per heavy atom. The lowest BCUT2D eigenvalue weighted by atomic mass is 10.2. The number of halogens is 1. The maximum atomic E-state index is 11.9. The standard InChI is InChI=1S/C13H15ClN2O4S/c1-20-11-5-10(9(14)4-8(11)12(17)18)16-13(19)15-7-2-3-21-6-7/h4-5,7H,2-3,6H2,1H3,(H,17,18)(H2,15,16,19). The summed E-state index contributed by atoms with van der Waals surface area (Å²) in [5.41, 5.74) is 0.252. The van der Waals surface area contributed by atoms with Crippen molar-refractivity contribution in [2.75, 3.05) is 23.9 Å². The van der Waals surface area contributed by atoms with Crippen molar-refractivity contribution in [1.29, 1.82) is 0 Å². The van der Waals surface area contributed by atoms with Crippen LogP contribution >= 0.6 is 23.4 Å². The molecule has 0 bridgehead atoms. The van der Waals surface area contributed by atoms with E-state index in [4.69, 9.17) is 21.4 Å². The van der Waals surface area contributed by atoms with Gasteiger partial charge in [-0.1, -0.05) is 11.6 Å². The highest BCUT2D eigenvalue weighted by Crippen LogP contribution is 2.31. The quantitative estimate of drug-likeness (QED) is 0.790. The fourth-order valence-electron chi connectivity index (χ4n) is 1.98. The van der Waals surface area contributed by atoms with Gasteiger partial charge >= 0.3 is 12.0 Å². The molecule has 0 aliphatic carbocycles. The van der Waals surface area contributed by atoms with Crippen LogP contribution in [-0.2, 0) is 0 Å². The van der Waals surface area contributed by atoms with Crippen molar-refractivity contribution in [3.8, 4) is 5.75 Å². The Labute approximate surface area is 131 Å². The van der Waals surface area contributed by atoms with Gasteiger partial charge in [0.2, 0.25) is 0 Å². The molecule has 1 heterocycles. The number of nitrogens with one attached hydrogen (secondary N) is 2. The molecule has 1 unspecified atom stereocenters. The molecule has 1 saturated heterocycles. The molecule has 1 aliphatic heterocycles. The number of aromatic carboxylic acids is 1. The molecule has 6 nitrogen and oxygen atoms in total. The SMILES string of the molecule is COc1cc(NC(=O)NC2CCSC2)c(Cl)cc1C(=O)O. The first-order valence-electron chi connectivity index (χ1n) is 6.27. The molecule has 2 amide bonds. The van der Waals surface area contributed by atoms with Crippen LogP contribution in [0.5, 0.6) is 5.75 Å². The van der Waals surface area contributed by atoms with Crippen LogP contribution in [0.15, 0.2) is 12.1 Å². The van der Waals surface area contributed by atoms with E-state index in [9.17, 15) is 9.59 Å². The Hall–Kier alpha value is -1.60. The van der Waals surface area contributed by atoms with Gasteiger partial charge in [-0.25, -0.2) is 9.59 Å². The summed E-state index contributed by atoms with van der Waals surface area (Å²) in [5, 5.41) is 14.6. The van der Waals surface area contributed by atoms with Crippen LogP contribution < -0.4 is 15.4 Å². The highest BCUT2D eigenvalue weighted by Gasteiger charge is 2.19. The zero-order valence-corrected chi connectivity index (χ0v) is 12.9. The number of amides is 2. The van der Waals surface area contributed by atoms with Crippen molar-refractivity contribution in [1.82, 2.24) is 5.32 Å². The Morgan fingerprint density at radius 1 is 1.48 bits per heavy atom. The number of rotatable bonds is 4. The number of carboxylic acids is 1. The number of hydrogen-bond acceptors (Lipinski definition) is 4. The van der Waals surface area contributed by atoms with Crippen molar-refractivity contribution in [2.45, 2.75) is 12.5 Å². The molecule has 0 radical (unpaired) electrons. The van der Waals surface area contributed by atoms with Crippen molar-refractivity contribution < 1.29 is 19.4 Å². The largest absolute Gasteiger partial charge is 0.496 e. The fourth-order valence-corrected chi connectivity index (χ4v) is 3.34. The monoisotopic (exact) mass is 330 g/mol. The summed E-state index contributed by atoms with van der Waals surface area (Å²) in [5.74, 6) is 0.918. The maximum absolute atomic E-state index is 11.9. The molecule has 8 heteroatoms. The van der Waals surface area contributed by atoms with Crippen molar-refractivity contribution in [2.24, 2.45) is 0 Å². The van der Waals surface area contributed by atoms with Crippen LogP contribution in [0.25, 0.3) is 0 Å². The van der Waals surface area contributed by atoms with Crippen molar-refractivity contribution >= 4 is 41.1 Å². The molecule has 1 aromatic carbocycles. The van der Waals surface area contributed by atoms with E-state index in [1.165, 1.54) is 19.2 Å². The molecule has 1 atom stereocenters. The minimum atomic E-state index is -1.15. The molecule has 1 aromatic rings. The highest BCUT2D eigenvalue weighted by atomic mass is 35.5. The lowest BCUT2D eigenvalue weighted by Crippen LogP contribution is -2.37. The van der Waals surface area contributed by atoms with Gasteiger partial charge in [0.25, 0.3) is 0 Å². The third-order valence-corrected chi connectivity index (χ3v) is 4.51. The second-order valence-corrected chi connectivity index (χ2v) is 6.05. The first-order valence-corrected chi connectivity index (χ1v) is 7.80. The number of carboxylic acid groups (broad SMARTS) is 1. The molecule has 21 heavy (non-hydrogen) atoms. The second kappa shape index (κ2) is 6.91. The molecule has 2 rings (SSSR count). The number of benzene rings is 1. The van der Waals surface area contributed by atoms with Gasteiger partial charge in [-0.05, 0) is 18.2 Å². The zero-order chi connectivity index (χ0) is 15.4. The molecule has 3 N–H and O–H groups in total. The van der Waals surface area contributed by atoms with E-state index in [0.717, 1.165) is 17.9 Å². The lowest BCUT2D eigenvalue weighted by Gasteiger charge is -2.14. The number of urea groups is 1. The van der Waals surface area contributed by atoms with E-state index in [1.54, 1.807) is 11.8 Å². The van der Waals surface area contributed by atoms with Gasteiger partial charge < -0.3 is 20.5 Å². The van der Waals surface area contributed by atoms with E-state index >= 15 is 0 Å². The fraction of sp³-hybridized carbons (Fsp3) is 0.385. The number of carbonyl (C=O) groups is 2. The summed E-state index contributed by atoms with van der Waals surface area (Å²) in [6, 6.07) is 2.43. The number of anilines is 1. The topological polar surface area (TPSA) is 87.7 Å². The van der Waals surface area contributed by atoms with Crippen LogP contribution in [0.4, 0.5) is 10.5 Å². The van der Waals surface area contributed by atoms with Crippen LogP contribution in [0.1, 0.15) is 16.8 Å². The second-order valence-electron chi connectivity index (χ2n) is 4.50. The maximum Gasteiger partial charge on any atom is 0.339 e. The molecular formula is C13H15ClN2O4S. The molecule has 0 spiro atoms. The Bertz CT molecular complexity index is 561. The molecule has 1 fully saturated rings. The Balaban J connectivity index is 2.12. The first-order chi connectivity index (χ1) is 10.0. The normalized spacial score (nSPS) is 17.3. The van der Waals surface area contributed by atoms with Gasteiger partial charge in [-0.2, -0.15) is 11.8 Å². The average Bonchev–Trinajstić information content (AvgIpc) is 2.93. The minimum Gasteiger partial charge on any atom is -0.496 e. The van der Waals surface area contributed by atoms with Gasteiger partial charge in [0.05, 0.1) is 17.8 Å². The molecular weight excluding hydrogens is 316 g/mol. The van der Waals surface area contributed by atoms with E-state index in [0.29, 0.717) is 5.69 Å². The van der Waals surface area contributed by atoms with Gasteiger partial charge in [0.15, 0.2) is 0 Å². The summed E-state index contributed by atoms with van der Waals surface area (Å²) < 4.78 is 5.00. The zero-order valence-electron chi connectivity index (χ0n) is 11.3. The first kappa shape index (κ1) is 15.8. The Kier molecular flexibility index (Phi) is 5.19. The van der Waals surface area contributed by atoms with E-state index < -0.39 is 5.97 Å². The number of hydrogen-bond donors (Lipinski definition) is 3. The number of methoxy groups -OCH3 is 1. The number of thioether (sulfide) groups is 1. The lowest BCUT2D eigenvalue weighted by molar-refractivity contribution is 0.0693. The van der Waals surface area contributed by atoms with Gasteiger partial charge in [-0.3, -0.25) is 0 Å². The summed E-state index contributed by atoms with van der Waals surface area (Å²) in [6.07, 6.45) is 0.938. The van der Waals surface area contributed by atoms with E-state index in [1.807, 2.05) is 0 Å². The summed E-state index contributed by atoms with van der Waals surface area (Å²) in [7, 11) is 1.36. The minimum absolute atomic E-state index is 0.0550. The third-order valence-electron chi connectivity index (χ3n) is 3.03. The van der Waals surface area contributed by atoms with E-state index in [2.05, 4.69) is 10.6 Å². The number of carbonyl (C=O) groups excluding carboxylic acids is 1. The smallest absolute Gasteiger partial charge is 0.339 e. The van der Waals surface area contributed by atoms with Gasteiger partial charge in [0.1, 0.15) is 11.3 Å². The predicted molar refractivity (Wildman–Crippen MR) is 82.8 cm³/mol. The van der Waals surface area contributed by atoms with Gasteiger partial charge in [0, 0.05) is 17.9 Å². The Morgan fingerprint density at radius 3 is 2.81 bits per heavy atom. The third kappa shape index (κ3) is 3.95. The molecule has 114 valence electrons. The molecule has 1 aliphatic rings. The van der Waals surface area contributed by atoms with Crippen molar-refractivity contribution in [3.63, 3.8) is 0 Å². The molecule has 0 saturated carbocycles. The van der Waals surface area contributed by atoms with Gasteiger partial charge in [-0.15, -0.1) is 0 Å². The summed E-state index contributed by atoms with van der Waals surface area (Å²) >= 11 is 7.79. The number of ether oxygens (including phenoxy) is 1. The average molecular weight is 331 g/mol. The predicted octanol–water partition coefficient (Wildman–Crippen LogP) is 2.67. The highest BCUT2D eigenvalue weighted by molar-refractivity contribution is 7.99.